The van der Waals surface area contributed by atoms with Gasteiger partial charge in [0.2, 0.25) is 0 Å². The van der Waals surface area contributed by atoms with Gasteiger partial charge in [-0.05, 0) is 49.5 Å². The van der Waals surface area contributed by atoms with Gasteiger partial charge in [0.25, 0.3) is 0 Å². The fraction of sp³-hybridized carbons (Fsp3) is 0.438. The zero-order chi connectivity index (χ0) is 14.5. The SMILES string of the molecule is C=C[C@@H]1CC[C@@H](O)[C@H](N(C)C(=S)Nc2ccccc2)C1. The number of hydrogen-bond acceptors (Lipinski definition) is 2. The number of allylic oxidation sites excluding steroid dienone is 1. The summed E-state index contributed by atoms with van der Waals surface area (Å²) in [5.41, 5.74) is 0.968. The van der Waals surface area contributed by atoms with E-state index in [2.05, 4.69) is 11.9 Å². The molecule has 0 aromatic heterocycles. The number of nitrogens with one attached hydrogen (secondary N) is 1. The van der Waals surface area contributed by atoms with Crippen LogP contribution in [0.2, 0.25) is 0 Å². The first-order valence-corrected chi connectivity index (χ1v) is 7.42. The Hall–Kier alpha value is -1.39. The maximum atomic E-state index is 10.2. The quantitative estimate of drug-likeness (QED) is 0.662. The van der Waals surface area contributed by atoms with Crippen LogP contribution >= 0.6 is 12.2 Å². The Balaban J connectivity index is 2.00. The smallest absolute Gasteiger partial charge is 0.173 e. The number of likely N-dealkylation sites (N-methyl/N-ethyl adjacent to an activating group) is 1. The van der Waals surface area contributed by atoms with Gasteiger partial charge in [0.1, 0.15) is 0 Å². The van der Waals surface area contributed by atoms with E-state index >= 15 is 0 Å². The molecule has 3 nitrogen and oxygen atoms in total. The lowest BCUT2D eigenvalue weighted by atomic mass is 9.83. The maximum Gasteiger partial charge on any atom is 0.173 e. The Labute approximate surface area is 126 Å². The Bertz CT molecular complexity index is 463. The van der Waals surface area contributed by atoms with Crippen LogP contribution < -0.4 is 5.32 Å². The van der Waals surface area contributed by atoms with Crippen LogP contribution in [-0.4, -0.2) is 34.3 Å². The van der Waals surface area contributed by atoms with Crippen molar-refractivity contribution in [1.82, 2.24) is 4.90 Å². The highest BCUT2D eigenvalue weighted by Crippen LogP contribution is 2.28. The number of anilines is 1. The van der Waals surface area contributed by atoms with Crippen molar-refractivity contribution in [3.05, 3.63) is 43.0 Å². The van der Waals surface area contributed by atoms with Gasteiger partial charge in [-0.1, -0.05) is 24.3 Å². The molecule has 108 valence electrons. The van der Waals surface area contributed by atoms with Crippen LogP contribution in [0.25, 0.3) is 0 Å². The molecule has 1 aromatic carbocycles. The summed E-state index contributed by atoms with van der Waals surface area (Å²) in [5.74, 6) is 0.463. The number of thiocarbonyl (C=S) groups is 1. The van der Waals surface area contributed by atoms with E-state index in [-0.39, 0.29) is 12.1 Å². The first-order valence-electron chi connectivity index (χ1n) is 7.01. The van der Waals surface area contributed by atoms with E-state index in [4.69, 9.17) is 12.2 Å². The summed E-state index contributed by atoms with van der Waals surface area (Å²) in [5, 5.41) is 14.1. The molecule has 0 amide bonds. The van der Waals surface area contributed by atoms with Crippen molar-refractivity contribution in [2.24, 2.45) is 5.92 Å². The summed E-state index contributed by atoms with van der Waals surface area (Å²) in [7, 11) is 1.94. The molecule has 0 heterocycles. The van der Waals surface area contributed by atoms with Crippen LogP contribution in [0.4, 0.5) is 5.69 Å². The van der Waals surface area contributed by atoms with Crippen LogP contribution in [0, 0.1) is 5.92 Å². The number of benzene rings is 1. The second-order valence-electron chi connectivity index (χ2n) is 5.35. The van der Waals surface area contributed by atoms with E-state index in [1.165, 1.54) is 0 Å². The Morgan fingerprint density at radius 2 is 2.10 bits per heavy atom. The standard InChI is InChI=1S/C16H22N2OS/c1-3-12-9-10-15(19)14(11-12)18(2)16(20)17-13-7-5-4-6-8-13/h3-8,12,14-15,19H,1,9-11H2,2H3,(H,17,20)/t12-,14-,15-/m1/s1. The molecule has 0 saturated heterocycles. The van der Waals surface area contributed by atoms with Gasteiger partial charge in [0, 0.05) is 12.7 Å². The Morgan fingerprint density at radius 3 is 2.75 bits per heavy atom. The molecule has 20 heavy (non-hydrogen) atoms. The fourth-order valence-electron chi connectivity index (χ4n) is 2.68. The predicted octanol–water partition coefficient (Wildman–Crippen LogP) is 3.03. The van der Waals surface area contributed by atoms with Gasteiger partial charge in [-0.15, -0.1) is 6.58 Å². The molecule has 2 rings (SSSR count). The first kappa shape index (κ1) is 15.0. The van der Waals surface area contributed by atoms with Crippen molar-refractivity contribution < 1.29 is 5.11 Å². The normalized spacial score (nSPS) is 25.8. The molecule has 3 atom stereocenters. The monoisotopic (exact) mass is 290 g/mol. The van der Waals surface area contributed by atoms with Crippen LogP contribution in [0.5, 0.6) is 0 Å². The average molecular weight is 290 g/mol. The van der Waals surface area contributed by atoms with Crippen LogP contribution in [0.3, 0.4) is 0 Å². The minimum Gasteiger partial charge on any atom is -0.391 e. The van der Waals surface area contributed by atoms with Crippen molar-refractivity contribution in [3.63, 3.8) is 0 Å². The van der Waals surface area contributed by atoms with E-state index in [9.17, 15) is 5.11 Å². The second-order valence-corrected chi connectivity index (χ2v) is 5.74. The molecular weight excluding hydrogens is 268 g/mol. The van der Waals surface area contributed by atoms with Crippen LogP contribution in [0.15, 0.2) is 43.0 Å². The number of hydrogen-bond donors (Lipinski definition) is 2. The molecule has 1 aromatic rings. The number of aliphatic hydroxyl groups excluding tert-OH is 1. The largest absolute Gasteiger partial charge is 0.391 e. The lowest BCUT2D eigenvalue weighted by Gasteiger charge is -2.39. The third kappa shape index (κ3) is 3.58. The molecule has 0 bridgehead atoms. The molecule has 0 spiro atoms. The van der Waals surface area contributed by atoms with Crippen molar-refractivity contribution in [3.8, 4) is 0 Å². The number of nitrogens with zero attached hydrogens (tertiary/aromatic N) is 1. The molecule has 1 aliphatic carbocycles. The minimum atomic E-state index is -0.327. The minimum absolute atomic E-state index is 0.0514. The Morgan fingerprint density at radius 1 is 1.40 bits per heavy atom. The molecule has 0 unspecified atom stereocenters. The van der Waals surface area contributed by atoms with Crippen molar-refractivity contribution in [1.29, 1.82) is 0 Å². The van der Waals surface area contributed by atoms with Gasteiger partial charge < -0.3 is 15.3 Å². The lowest BCUT2D eigenvalue weighted by molar-refractivity contribution is 0.0483. The van der Waals surface area contributed by atoms with Crippen molar-refractivity contribution in [2.75, 3.05) is 12.4 Å². The van der Waals surface area contributed by atoms with E-state index in [1.54, 1.807) is 0 Å². The first-order chi connectivity index (χ1) is 9.61. The third-order valence-electron chi connectivity index (χ3n) is 4.00. The molecule has 1 aliphatic rings. The predicted molar refractivity (Wildman–Crippen MR) is 87.8 cm³/mol. The highest BCUT2D eigenvalue weighted by molar-refractivity contribution is 7.80. The van der Waals surface area contributed by atoms with E-state index in [1.807, 2.05) is 48.4 Å². The number of rotatable bonds is 3. The molecule has 1 fully saturated rings. The van der Waals surface area contributed by atoms with Gasteiger partial charge in [-0.25, -0.2) is 0 Å². The number of aliphatic hydroxyl groups is 1. The highest BCUT2D eigenvalue weighted by atomic mass is 32.1. The summed E-state index contributed by atoms with van der Waals surface area (Å²) in [4.78, 5) is 1.97. The maximum absolute atomic E-state index is 10.2. The molecule has 1 saturated carbocycles. The van der Waals surface area contributed by atoms with Crippen molar-refractivity contribution in [2.45, 2.75) is 31.4 Å². The molecule has 2 N–H and O–H groups in total. The summed E-state index contributed by atoms with van der Waals surface area (Å²) in [6.07, 6.45) is 4.37. The summed E-state index contributed by atoms with van der Waals surface area (Å²) >= 11 is 5.45. The van der Waals surface area contributed by atoms with Gasteiger partial charge in [-0.3, -0.25) is 0 Å². The average Bonchev–Trinajstić information content (AvgIpc) is 2.48. The summed E-state index contributed by atoms with van der Waals surface area (Å²) in [6, 6.07) is 9.91. The number of para-hydroxylation sites is 1. The van der Waals surface area contributed by atoms with Crippen LogP contribution in [-0.2, 0) is 0 Å². The van der Waals surface area contributed by atoms with Gasteiger partial charge in [0.15, 0.2) is 5.11 Å². The Kier molecular flexibility index (Phi) is 5.15. The summed E-state index contributed by atoms with van der Waals surface area (Å²) < 4.78 is 0. The molecule has 4 heteroatoms. The molecule has 0 aliphatic heterocycles. The lowest BCUT2D eigenvalue weighted by Crippen LogP contribution is -2.49. The van der Waals surface area contributed by atoms with Crippen LogP contribution in [0.1, 0.15) is 19.3 Å². The fourth-order valence-corrected chi connectivity index (χ4v) is 2.93. The topological polar surface area (TPSA) is 35.5 Å². The van der Waals surface area contributed by atoms with Gasteiger partial charge in [-0.2, -0.15) is 0 Å². The zero-order valence-electron chi connectivity index (χ0n) is 11.8. The van der Waals surface area contributed by atoms with E-state index in [0.717, 1.165) is 24.9 Å². The van der Waals surface area contributed by atoms with Crippen molar-refractivity contribution >= 4 is 23.0 Å². The van der Waals surface area contributed by atoms with Gasteiger partial charge >= 0.3 is 0 Å². The molecule has 0 radical (unpaired) electrons. The second kappa shape index (κ2) is 6.86. The third-order valence-corrected chi connectivity index (χ3v) is 4.39. The molecular formula is C16H22N2OS. The van der Waals surface area contributed by atoms with Gasteiger partial charge in [0.05, 0.1) is 12.1 Å². The van der Waals surface area contributed by atoms with E-state index in [0.29, 0.717) is 11.0 Å². The zero-order valence-corrected chi connectivity index (χ0v) is 12.6. The van der Waals surface area contributed by atoms with E-state index < -0.39 is 0 Å². The summed E-state index contributed by atoms with van der Waals surface area (Å²) in [6.45, 7) is 3.87. The highest BCUT2D eigenvalue weighted by Gasteiger charge is 2.31.